The van der Waals surface area contributed by atoms with E-state index >= 15 is 0 Å². The summed E-state index contributed by atoms with van der Waals surface area (Å²) in [5.41, 5.74) is -0.142. The van der Waals surface area contributed by atoms with Crippen LogP contribution in [0.3, 0.4) is 0 Å². The van der Waals surface area contributed by atoms with Crippen LogP contribution >= 0.6 is 11.6 Å². The smallest absolute Gasteiger partial charge is 0.335 e. The summed E-state index contributed by atoms with van der Waals surface area (Å²) in [6.07, 6.45) is 0. The van der Waals surface area contributed by atoms with E-state index in [9.17, 15) is 13.2 Å². The van der Waals surface area contributed by atoms with Gasteiger partial charge in [0.1, 0.15) is 4.90 Å². The number of carboxylic acid groups (broad SMARTS) is 1. The first-order chi connectivity index (χ1) is 9.40. The molecular formula is C11H13ClN2O5S. The number of sulfonamides is 1. The molecule has 0 aliphatic carbocycles. The van der Waals surface area contributed by atoms with Crippen LogP contribution < -0.4 is 4.83 Å². The highest BCUT2D eigenvalue weighted by Gasteiger charge is 2.23. The number of hydrogen-bond acceptors (Lipinski definition) is 5. The summed E-state index contributed by atoms with van der Waals surface area (Å²) < 4.78 is 29.6. The maximum Gasteiger partial charge on any atom is 0.335 e. The summed E-state index contributed by atoms with van der Waals surface area (Å²) in [5.74, 6) is -1.22. The maximum absolute atomic E-state index is 12.2. The molecule has 0 spiro atoms. The molecule has 0 atom stereocenters. The fraction of sp³-hybridized carbons (Fsp3) is 0.364. The highest BCUT2D eigenvalue weighted by atomic mass is 35.5. The minimum absolute atomic E-state index is 0.0317. The van der Waals surface area contributed by atoms with Gasteiger partial charge < -0.3 is 9.84 Å². The van der Waals surface area contributed by atoms with Crippen LogP contribution in [-0.4, -0.2) is 50.8 Å². The van der Waals surface area contributed by atoms with E-state index in [2.05, 4.69) is 4.83 Å². The number of nitrogens with one attached hydrogen (secondary N) is 1. The van der Waals surface area contributed by atoms with Gasteiger partial charge in [0.05, 0.1) is 23.8 Å². The lowest BCUT2D eigenvalue weighted by Gasteiger charge is -2.26. The molecule has 7 nitrogen and oxygen atoms in total. The number of halogens is 1. The average molecular weight is 321 g/mol. The van der Waals surface area contributed by atoms with E-state index in [-0.39, 0.29) is 15.5 Å². The zero-order valence-corrected chi connectivity index (χ0v) is 11.9. The van der Waals surface area contributed by atoms with Crippen molar-refractivity contribution in [3.8, 4) is 0 Å². The summed E-state index contributed by atoms with van der Waals surface area (Å²) in [7, 11) is -3.92. The fourth-order valence-electron chi connectivity index (χ4n) is 1.72. The number of carbonyl (C=O) groups is 1. The Hall–Kier alpha value is -1.19. The predicted octanol–water partition coefficient (Wildman–Crippen LogP) is 0.564. The van der Waals surface area contributed by atoms with Crippen LogP contribution in [0.4, 0.5) is 0 Å². The highest BCUT2D eigenvalue weighted by molar-refractivity contribution is 7.89. The van der Waals surface area contributed by atoms with Gasteiger partial charge in [-0.25, -0.2) is 18.2 Å². The van der Waals surface area contributed by atoms with Crippen molar-refractivity contribution in [1.82, 2.24) is 9.84 Å². The molecule has 1 aliphatic heterocycles. The Morgan fingerprint density at radius 1 is 1.35 bits per heavy atom. The Kier molecular flexibility index (Phi) is 4.61. The predicted molar refractivity (Wildman–Crippen MR) is 71.1 cm³/mol. The number of carboxylic acids is 1. The van der Waals surface area contributed by atoms with E-state index in [0.29, 0.717) is 26.3 Å². The molecule has 0 radical (unpaired) electrons. The van der Waals surface area contributed by atoms with Gasteiger partial charge in [0.15, 0.2) is 0 Å². The van der Waals surface area contributed by atoms with Crippen molar-refractivity contribution < 1.29 is 23.1 Å². The van der Waals surface area contributed by atoms with Crippen molar-refractivity contribution in [3.63, 3.8) is 0 Å². The molecule has 9 heteroatoms. The lowest BCUT2D eigenvalue weighted by Crippen LogP contribution is -2.48. The molecule has 0 saturated carbocycles. The normalized spacial score (nSPS) is 17.1. The van der Waals surface area contributed by atoms with Gasteiger partial charge in [-0.15, -0.1) is 4.83 Å². The first-order valence-corrected chi connectivity index (χ1v) is 7.64. The number of rotatable bonds is 4. The van der Waals surface area contributed by atoms with Crippen molar-refractivity contribution >= 4 is 27.6 Å². The van der Waals surface area contributed by atoms with Gasteiger partial charge in [0, 0.05) is 13.1 Å². The van der Waals surface area contributed by atoms with E-state index in [4.69, 9.17) is 21.4 Å². The van der Waals surface area contributed by atoms with Crippen molar-refractivity contribution in [2.24, 2.45) is 0 Å². The molecule has 1 fully saturated rings. The molecule has 0 amide bonds. The van der Waals surface area contributed by atoms with Crippen LogP contribution in [-0.2, 0) is 14.8 Å². The summed E-state index contributed by atoms with van der Waals surface area (Å²) in [6, 6.07) is 3.53. The van der Waals surface area contributed by atoms with Crippen molar-refractivity contribution in [2.45, 2.75) is 4.90 Å². The minimum atomic E-state index is -3.92. The number of hydrazine groups is 1. The molecule has 110 valence electrons. The van der Waals surface area contributed by atoms with Crippen LogP contribution in [0.15, 0.2) is 23.1 Å². The van der Waals surface area contributed by atoms with Gasteiger partial charge in [-0.2, -0.15) is 0 Å². The summed E-state index contributed by atoms with van der Waals surface area (Å²) in [6.45, 7) is 1.67. The molecule has 1 heterocycles. The first kappa shape index (κ1) is 15.2. The van der Waals surface area contributed by atoms with Crippen LogP contribution in [0, 0.1) is 0 Å². The summed E-state index contributed by atoms with van der Waals surface area (Å²) >= 11 is 5.85. The maximum atomic E-state index is 12.2. The molecule has 0 aromatic heterocycles. The standard InChI is InChI=1S/C11H13ClN2O5S/c12-9-2-1-8(11(15)16)7-10(9)20(17,18)13-14-3-5-19-6-4-14/h1-2,7,13H,3-6H2,(H,15,16). The molecular weight excluding hydrogens is 308 g/mol. The fourth-order valence-corrected chi connectivity index (χ4v) is 3.37. The van der Waals surface area contributed by atoms with E-state index in [0.717, 1.165) is 6.07 Å². The van der Waals surface area contributed by atoms with Crippen LogP contribution in [0.2, 0.25) is 5.02 Å². The lowest BCUT2D eigenvalue weighted by atomic mass is 10.2. The Bertz CT molecular complexity index is 613. The van der Waals surface area contributed by atoms with Crippen molar-refractivity contribution in [2.75, 3.05) is 26.3 Å². The quantitative estimate of drug-likeness (QED) is 0.841. The molecule has 20 heavy (non-hydrogen) atoms. The lowest BCUT2D eigenvalue weighted by molar-refractivity contribution is 0.0272. The Balaban J connectivity index is 2.28. The second kappa shape index (κ2) is 6.06. The molecule has 1 aromatic carbocycles. The van der Waals surface area contributed by atoms with Gasteiger partial charge in [-0.3, -0.25) is 0 Å². The molecule has 2 rings (SSSR count). The largest absolute Gasteiger partial charge is 0.478 e. The molecule has 0 unspecified atom stereocenters. The van der Waals surface area contributed by atoms with E-state index in [1.807, 2.05) is 0 Å². The van der Waals surface area contributed by atoms with Crippen LogP contribution in [0.25, 0.3) is 0 Å². The van der Waals surface area contributed by atoms with Crippen molar-refractivity contribution in [1.29, 1.82) is 0 Å². The van der Waals surface area contributed by atoms with Gasteiger partial charge in [0.2, 0.25) is 0 Å². The van der Waals surface area contributed by atoms with Gasteiger partial charge in [-0.05, 0) is 18.2 Å². The third-order valence-electron chi connectivity index (χ3n) is 2.73. The molecule has 1 saturated heterocycles. The first-order valence-electron chi connectivity index (χ1n) is 5.78. The van der Waals surface area contributed by atoms with Gasteiger partial charge >= 0.3 is 5.97 Å². The highest BCUT2D eigenvalue weighted by Crippen LogP contribution is 2.23. The second-order valence-corrected chi connectivity index (χ2v) is 6.18. The van der Waals surface area contributed by atoms with Crippen LogP contribution in [0.1, 0.15) is 10.4 Å². The zero-order chi connectivity index (χ0) is 14.8. The zero-order valence-electron chi connectivity index (χ0n) is 10.4. The molecule has 2 N–H and O–H groups in total. The molecule has 1 aliphatic rings. The van der Waals surface area contributed by atoms with E-state index in [1.54, 1.807) is 0 Å². The Labute approximate surface area is 121 Å². The summed E-state index contributed by atoms with van der Waals surface area (Å²) in [4.78, 5) is 13.0. The number of benzene rings is 1. The van der Waals surface area contributed by atoms with E-state index < -0.39 is 16.0 Å². The van der Waals surface area contributed by atoms with Crippen LogP contribution in [0.5, 0.6) is 0 Å². The number of morpholine rings is 1. The third-order valence-corrected chi connectivity index (χ3v) is 4.59. The third kappa shape index (κ3) is 3.47. The SMILES string of the molecule is O=C(O)c1ccc(Cl)c(S(=O)(=O)NN2CCOCC2)c1. The molecule has 0 bridgehead atoms. The van der Waals surface area contributed by atoms with Gasteiger partial charge in [-0.1, -0.05) is 11.6 Å². The van der Waals surface area contributed by atoms with E-state index in [1.165, 1.54) is 17.1 Å². The van der Waals surface area contributed by atoms with Gasteiger partial charge in [0.25, 0.3) is 10.0 Å². The topological polar surface area (TPSA) is 95.9 Å². The number of nitrogens with zero attached hydrogens (tertiary/aromatic N) is 1. The average Bonchev–Trinajstić information content (AvgIpc) is 2.39. The molecule has 1 aromatic rings. The Morgan fingerprint density at radius 3 is 2.60 bits per heavy atom. The summed E-state index contributed by atoms with van der Waals surface area (Å²) in [5, 5.41) is 10.4. The number of ether oxygens (including phenoxy) is 1. The number of aromatic carboxylic acids is 1. The Morgan fingerprint density at radius 2 is 2.00 bits per heavy atom. The monoisotopic (exact) mass is 320 g/mol. The number of hydrogen-bond donors (Lipinski definition) is 2. The second-order valence-electron chi connectivity index (χ2n) is 4.14. The minimum Gasteiger partial charge on any atom is -0.478 e. The van der Waals surface area contributed by atoms with Crippen molar-refractivity contribution in [3.05, 3.63) is 28.8 Å².